The number of methoxy groups -OCH3 is 1. The number of rotatable bonds is 8. The molecule has 0 unspecified atom stereocenters. The number of hydrogen-bond acceptors (Lipinski definition) is 3. The molecule has 0 saturated heterocycles. The zero-order chi connectivity index (χ0) is 9.23. The highest BCUT2D eigenvalue weighted by Gasteiger charge is 1.95. The zero-order valence-corrected chi connectivity index (χ0v) is 8.51. The van der Waals surface area contributed by atoms with E-state index in [1.54, 1.807) is 7.11 Å². The van der Waals surface area contributed by atoms with E-state index in [2.05, 4.69) is 18.9 Å². The average molecular weight is 175 g/mol. The van der Waals surface area contributed by atoms with Crippen LogP contribution in [0.25, 0.3) is 0 Å². The van der Waals surface area contributed by atoms with Crippen LogP contribution in [-0.2, 0) is 9.47 Å². The van der Waals surface area contributed by atoms with E-state index >= 15 is 0 Å². The topological polar surface area (TPSA) is 21.7 Å². The summed E-state index contributed by atoms with van der Waals surface area (Å²) in [5.74, 6) is 0. The third-order valence-electron chi connectivity index (χ3n) is 1.65. The van der Waals surface area contributed by atoms with Gasteiger partial charge in [-0.15, -0.1) is 0 Å². The summed E-state index contributed by atoms with van der Waals surface area (Å²) in [7, 11) is 3.80. The minimum atomic E-state index is 0.692. The molecule has 0 spiro atoms. The molecule has 12 heavy (non-hydrogen) atoms. The van der Waals surface area contributed by atoms with Crippen LogP contribution in [0.2, 0.25) is 0 Å². The van der Waals surface area contributed by atoms with Crippen LogP contribution in [0.15, 0.2) is 0 Å². The van der Waals surface area contributed by atoms with Gasteiger partial charge in [-0.3, -0.25) is 0 Å². The van der Waals surface area contributed by atoms with Gasteiger partial charge in [-0.05, 0) is 20.0 Å². The van der Waals surface area contributed by atoms with Crippen LogP contribution in [0.3, 0.4) is 0 Å². The van der Waals surface area contributed by atoms with E-state index in [1.807, 2.05) is 0 Å². The molecule has 0 aromatic carbocycles. The van der Waals surface area contributed by atoms with Crippen molar-refractivity contribution in [1.29, 1.82) is 0 Å². The normalized spacial score (nSPS) is 11.0. The van der Waals surface area contributed by atoms with Crippen molar-refractivity contribution in [3.05, 3.63) is 0 Å². The number of nitrogens with zero attached hydrogens (tertiary/aromatic N) is 1. The summed E-state index contributed by atoms with van der Waals surface area (Å²) >= 11 is 0. The SMILES string of the molecule is CCCN(C)CCOCCOC. The van der Waals surface area contributed by atoms with Gasteiger partial charge in [0.05, 0.1) is 19.8 Å². The van der Waals surface area contributed by atoms with Gasteiger partial charge in [0.25, 0.3) is 0 Å². The second-order valence-corrected chi connectivity index (χ2v) is 2.91. The first-order valence-electron chi connectivity index (χ1n) is 4.56. The van der Waals surface area contributed by atoms with Crippen molar-refractivity contribution in [2.75, 3.05) is 47.1 Å². The van der Waals surface area contributed by atoms with Crippen LogP contribution in [0.1, 0.15) is 13.3 Å². The van der Waals surface area contributed by atoms with Crippen molar-refractivity contribution in [3.63, 3.8) is 0 Å². The smallest absolute Gasteiger partial charge is 0.0700 e. The number of likely N-dealkylation sites (N-methyl/N-ethyl adjacent to an activating group) is 1. The maximum Gasteiger partial charge on any atom is 0.0700 e. The fourth-order valence-electron chi connectivity index (χ4n) is 0.958. The average Bonchev–Trinajstić information content (AvgIpc) is 2.05. The highest BCUT2D eigenvalue weighted by Crippen LogP contribution is 1.86. The Morgan fingerprint density at radius 2 is 1.83 bits per heavy atom. The van der Waals surface area contributed by atoms with Gasteiger partial charge in [-0.1, -0.05) is 6.92 Å². The van der Waals surface area contributed by atoms with E-state index < -0.39 is 0 Å². The third kappa shape index (κ3) is 7.98. The molecule has 0 rings (SSSR count). The maximum absolute atomic E-state index is 5.32. The molecule has 0 heterocycles. The van der Waals surface area contributed by atoms with Gasteiger partial charge in [-0.25, -0.2) is 0 Å². The van der Waals surface area contributed by atoms with E-state index in [4.69, 9.17) is 9.47 Å². The molecule has 0 aliphatic heterocycles. The summed E-state index contributed by atoms with van der Waals surface area (Å²) in [5.41, 5.74) is 0. The first kappa shape index (κ1) is 11.9. The van der Waals surface area contributed by atoms with Crippen LogP contribution < -0.4 is 0 Å². The molecule has 0 aliphatic carbocycles. The Hall–Kier alpha value is -0.120. The molecule has 0 radical (unpaired) electrons. The lowest BCUT2D eigenvalue weighted by Crippen LogP contribution is -2.24. The lowest BCUT2D eigenvalue weighted by atomic mass is 10.4. The van der Waals surface area contributed by atoms with Crippen molar-refractivity contribution >= 4 is 0 Å². The highest BCUT2D eigenvalue weighted by molar-refractivity contribution is 4.47. The van der Waals surface area contributed by atoms with Crippen LogP contribution in [0, 0.1) is 0 Å². The minimum absolute atomic E-state index is 0.692. The van der Waals surface area contributed by atoms with E-state index in [0.717, 1.165) is 19.7 Å². The first-order valence-corrected chi connectivity index (χ1v) is 4.56. The van der Waals surface area contributed by atoms with Gasteiger partial charge in [0.15, 0.2) is 0 Å². The lowest BCUT2D eigenvalue weighted by molar-refractivity contribution is 0.0606. The Morgan fingerprint density at radius 1 is 1.08 bits per heavy atom. The summed E-state index contributed by atoms with van der Waals surface area (Å²) in [4.78, 5) is 2.27. The summed E-state index contributed by atoms with van der Waals surface area (Å²) in [5, 5.41) is 0. The quantitative estimate of drug-likeness (QED) is 0.514. The first-order chi connectivity index (χ1) is 5.81. The molecule has 0 aromatic rings. The van der Waals surface area contributed by atoms with E-state index in [9.17, 15) is 0 Å². The van der Waals surface area contributed by atoms with Crippen molar-refractivity contribution in [1.82, 2.24) is 4.90 Å². The Balaban J connectivity index is 2.97. The standard InChI is InChI=1S/C9H21NO2/c1-4-5-10(2)6-7-12-9-8-11-3/h4-9H2,1-3H3. The highest BCUT2D eigenvalue weighted by atomic mass is 16.5. The molecular weight excluding hydrogens is 154 g/mol. The Kier molecular flexibility index (Phi) is 8.88. The number of ether oxygens (including phenoxy) is 2. The van der Waals surface area contributed by atoms with E-state index in [0.29, 0.717) is 13.2 Å². The van der Waals surface area contributed by atoms with Gasteiger partial charge in [0, 0.05) is 13.7 Å². The van der Waals surface area contributed by atoms with Crippen molar-refractivity contribution in [2.45, 2.75) is 13.3 Å². The third-order valence-corrected chi connectivity index (χ3v) is 1.65. The molecular formula is C9H21NO2. The second kappa shape index (κ2) is 8.97. The molecule has 0 aromatic heterocycles. The summed E-state index contributed by atoms with van der Waals surface area (Å²) in [6.07, 6.45) is 1.20. The van der Waals surface area contributed by atoms with Gasteiger partial charge in [0.2, 0.25) is 0 Å². The Labute approximate surface area is 75.6 Å². The van der Waals surface area contributed by atoms with Crippen molar-refractivity contribution in [3.8, 4) is 0 Å². The van der Waals surface area contributed by atoms with Crippen molar-refractivity contribution in [2.24, 2.45) is 0 Å². The molecule has 74 valence electrons. The van der Waals surface area contributed by atoms with Crippen LogP contribution in [0.5, 0.6) is 0 Å². The molecule has 0 amide bonds. The molecule has 0 aliphatic rings. The largest absolute Gasteiger partial charge is 0.382 e. The maximum atomic E-state index is 5.32. The van der Waals surface area contributed by atoms with E-state index in [1.165, 1.54) is 6.42 Å². The lowest BCUT2D eigenvalue weighted by Gasteiger charge is -2.14. The Bertz CT molecular complexity index is 88.6. The molecule has 0 saturated carbocycles. The molecule has 0 atom stereocenters. The van der Waals surface area contributed by atoms with Crippen molar-refractivity contribution < 1.29 is 9.47 Å². The fraction of sp³-hybridized carbons (Fsp3) is 1.00. The molecule has 3 heteroatoms. The van der Waals surface area contributed by atoms with E-state index in [-0.39, 0.29) is 0 Å². The molecule has 0 fully saturated rings. The predicted molar refractivity (Wildman–Crippen MR) is 50.5 cm³/mol. The molecule has 0 N–H and O–H groups in total. The minimum Gasteiger partial charge on any atom is -0.382 e. The summed E-state index contributed by atoms with van der Waals surface area (Å²) in [6.45, 7) is 6.54. The number of hydrogen-bond donors (Lipinski definition) is 0. The second-order valence-electron chi connectivity index (χ2n) is 2.91. The fourth-order valence-corrected chi connectivity index (χ4v) is 0.958. The van der Waals surface area contributed by atoms with Crippen LogP contribution >= 0.6 is 0 Å². The van der Waals surface area contributed by atoms with Gasteiger partial charge in [-0.2, -0.15) is 0 Å². The monoisotopic (exact) mass is 175 g/mol. The van der Waals surface area contributed by atoms with Gasteiger partial charge in [0.1, 0.15) is 0 Å². The van der Waals surface area contributed by atoms with Crippen LogP contribution in [-0.4, -0.2) is 52.0 Å². The summed E-state index contributed by atoms with van der Waals surface area (Å²) < 4.78 is 10.2. The summed E-state index contributed by atoms with van der Waals surface area (Å²) in [6, 6.07) is 0. The van der Waals surface area contributed by atoms with Gasteiger partial charge >= 0.3 is 0 Å². The van der Waals surface area contributed by atoms with Crippen LogP contribution in [0.4, 0.5) is 0 Å². The molecule has 0 bridgehead atoms. The zero-order valence-electron chi connectivity index (χ0n) is 8.51. The predicted octanol–water partition coefficient (Wildman–Crippen LogP) is 0.991. The molecule has 3 nitrogen and oxygen atoms in total. The van der Waals surface area contributed by atoms with Gasteiger partial charge < -0.3 is 14.4 Å². The Morgan fingerprint density at radius 3 is 2.42 bits per heavy atom.